The normalized spacial score (nSPS) is 12.1. The van der Waals surface area contributed by atoms with E-state index >= 15 is 0 Å². The van der Waals surface area contributed by atoms with Crippen molar-refractivity contribution in [3.63, 3.8) is 0 Å². The number of aromatic nitrogens is 2. The molecule has 0 amide bonds. The summed E-state index contributed by atoms with van der Waals surface area (Å²) < 4.78 is 7.36. The maximum Gasteiger partial charge on any atom is 0.345 e. The number of benzene rings is 1. The van der Waals surface area contributed by atoms with Crippen LogP contribution in [0.2, 0.25) is 0 Å². The van der Waals surface area contributed by atoms with E-state index in [1.54, 1.807) is 18.5 Å². The second-order valence-electron chi connectivity index (χ2n) is 6.83. The van der Waals surface area contributed by atoms with Gasteiger partial charge in [0.25, 0.3) is 0 Å². The Labute approximate surface area is 137 Å². The average Bonchev–Trinajstić information content (AvgIpc) is 2.94. The molecule has 5 heteroatoms. The second-order valence-corrected chi connectivity index (χ2v) is 6.83. The van der Waals surface area contributed by atoms with Gasteiger partial charge in [-0.2, -0.15) is 5.26 Å². The summed E-state index contributed by atoms with van der Waals surface area (Å²) in [5.41, 5.74) is 1.04. The van der Waals surface area contributed by atoms with Crippen molar-refractivity contribution in [3.05, 3.63) is 52.6 Å². The smallest absolute Gasteiger partial charge is 0.345 e. The number of hydrogen-bond donors (Lipinski definition) is 0. The van der Waals surface area contributed by atoms with Crippen LogP contribution in [0.4, 0.5) is 0 Å². The first-order valence-corrected chi connectivity index (χ1v) is 7.68. The van der Waals surface area contributed by atoms with E-state index in [0.717, 1.165) is 10.8 Å². The fourth-order valence-electron chi connectivity index (χ4n) is 3.14. The molecule has 0 spiro atoms. The van der Waals surface area contributed by atoms with Crippen molar-refractivity contribution in [2.75, 3.05) is 0 Å². The molecule has 0 saturated heterocycles. The van der Waals surface area contributed by atoms with Crippen LogP contribution in [-0.2, 0) is 5.54 Å². The number of rotatable bonds is 0. The summed E-state index contributed by atoms with van der Waals surface area (Å²) in [6, 6.07) is 9.61. The van der Waals surface area contributed by atoms with E-state index in [-0.39, 0.29) is 5.54 Å². The molecule has 24 heavy (non-hydrogen) atoms. The highest BCUT2D eigenvalue weighted by Gasteiger charge is 2.22. The summed E-state index contributed by atoms with van der Waals surface area (Å²) in [5.74, 6) is 0. The molecule has 0 unspecified atom stereocenters. The van der Waals surface area contributed by atoms with Crippen molar-refractivity contribution in [2.45, 2.75) is 26.3 Å². The van der Waals surface area contributed by atoms with Gasteiger partial charge in [0.2, 0.25) is 0 Å². The highest BCUT2D eigenvalue weighted by molar-refractivity contribution is 6.18. The molecule has 0 radical (unpaired) electrons. The predicted molar refractivity (Wildman–Crippen MR) is 93.0 cm³/mol. The van der Waals surface area contributed by atoms with Crippen LogP contribution in [0.15, 0.2) is 45.9 Å². The minimum absolute atomic E-state index is 0.233. The topological polar surface area (TPSA) is 71.8 Å². The Morgan fingerprint density at radius 1 is 1.17 bits per heavy atom. The Morgan fingerprint density at radius 2 is 1.92 bits per heavy atom. The van der Waals surface area contributed by atoms with Gasteiger partial charge in [-0.1, -0.05) is 18.2 Å². The lowest BCUT2D eigenvalue weighted by molar-refractivity contribution is 0.408. The lowest BCUT2D eigenvalue weighted by Gasteiger charge is -2.21. The van der Waals surface area contributed by atoms with Crippen molar-refractivity contribution in [1.82, 2.24) is 9.55 Å². The van der Waals surface area contributed by atoms with Gasteiger partial charge in [0.15, 0.2) is 0 Å². The van der Waals surface area contributed by atoms with Gasteiger partial charge < -0.3 is 8.98 Å². The van der Waals surface area contributed by atoms with Crippen molar-refractivity contribution in [2.24, 2.45) is 0 Å². The third-order valence-corrected chi connectivity index (χ3v) is 4.24. The number of fused-ring (bicyclic) bond motifs is 5. The maximum absolute atomic E-state index is 12.3. The van der Waals surface area contributed by atoms with Gasteiger partial charge in [-0.25, -0.2) is 9.78 Å². The van der Waals surface area contributed by atoms with Gasteiger partial charge in [-0.05, 0) is 26.8 Å². The summed E-state index contributed by atoms with van der Waals surface area (Å²) in [6.45, 7) is 6.16. The first kappa shape index (κ1) is 14.5. The molecule has 118 valence electrons. The number of nitrogens with zero attached hydrogens (tertiary/aromatic N) is 3. The van der Waals surface area contributed by atoms with Crippen LogP contribution in [-0.4, -0.2) is 9.55 Å². The van der Waals surface area contributed by atoms with Crippen LogP contribution in [0.25, 0.3) is 32.8 Å². The fourth-order valence-corrected chi connectivity index (χ4v) is 3.14. The maximum atomic E-state index is 12.3. The highest BCUT2D eigenvalue weighted by Crippen LogP contribution is 2.34. The molecule has 0 bridgehead atoms. The molecule has 1 aromatic carbocycles. The predicted octanol–water partition coefficient (Wildman–Crippen LogP) is 3.92. The van der Waals surface area contributed by atoms with E-state index in [1.807, 2.05) is 22.8 Å². The van der Waals surface area contributed by atoms with E-state index in [2.05, 4.69) is 31.8 Å². The largest absolute Gasteiger partial charge is 0.422 e. The van der Waals surface area contributed by atoms with Crippen molar-refractivity contribution in [1.29, 1.82) is 5.26 Å². The van der Waals surface area contributed by atoms with Crippen LogP contribution in [0.3, 0.4) is 0 Å². The summed E-state index contributed by atoms with van der Waals surface area (Å²) in [5, 5.41) is 12.3. The standard InChI is InChI=1S/C19H15N3O2/c1-19(2,3)22-10-11(8-20)15-16-12-6-4-5-7-14(12)24-18(23)13(16)9-21-17(15)22/h4-7,9-10H,1-3H3. The molecule has 0 aliphatic carbocycles. The average molecular weight is 317 g/mol. The van der Waals surface area contributed by atoms with Crippen LogP contribution in [0.5, 0.6) is 0 Å². The zero-order valence-corrected chi connectivity index (χ0v) is 13.6. The second kappa shape index (κ2) is 4.68. The van der Waals surface area contributed by atoms with Crippen LogP contribution >= 0.6 is 0 Å². The van der Waals surface area contributed by atoms with Gasteiger partial charge in [0.1, 0.15) is 17.3 Å². The quantitative estimate of drug-likeness (QED) is 0.364. The number of para-hydroxylation sites is 1. The van der Waals surface area contributed by atoms with Gasteiger partial charge in [0.05, 0.1) is 10.9 Å². The molecule has 0 N–H and O–H groups in total. The fraction of sp³-hybridized carbons (Fsp3) is 0.211. The molecule has 0 atom stereocenters. The van der Waals surface area contributed by atoms with Gasteiger partial charge >= 0.3 is 5.63 Å². The highest BCUT2D eigenvalue weighted by atomic mass is 16.4. The van der Waals surface area contributed by atoms with Gasteiger partial charge in [0, 0.05) is 34.1 Å². The van der Waals surface area contributed by atoms with Gasteiger partial charge in [-0.3, -0.25) is 0 Å². The van der Waals surface area contributed by atoms with Crippen molar-refractivity contribution < 1.29 is 4.42 Å². The monoisotopic (exact) mass is 317 g/mol. The molecule has 3 heterocycles. The minimum Gasteiger partial charge on any atom is -0.422 e. The van der Waals surface area contributed by atoms with Crippen LogP contribution in [0.1, 0.15) is 26.3 Å². The number of nitriles is 1. The third-order valence-electron chi connectivity index (χ3n) is 4.24. The molecule has 3 aromatic heterocycles. The van der Waals surface area contributed by atoms with E-state index in [9.17, 15) is 10.1 Å². The molecule has 0 aliphatic heterocycles. The molecule has 0 fully saturated rings. The Hall–Kier alpha value is -3.13. The Kier molecular flexibility index (Phi) is 2.82. The van der Waals surface area contributed by atoms with Crippen LogP contribution < -0.4 is 5.63 Å². The summed E-state index contributed by atoms with van der Waals surface area (Å²) in [4.78, 5) is 16.8. The molecule has 4 rings (SSSR count). The van der Waals surface area contributed by atoms with E-state index in [0.29, 0.717) is 27.6 Å². The summed E-state index contributed by atoms with van der Waals surface area (Å²) >= 11 is 0. The van der Waals surface area contributed by atoms with Crippen molar-refractivity contribution >= 4 is 32.8 Å². The molecule has 0 saturated carbocycles. The molecule has 0 aliphatic rings. The molecular formula is C19H15N3O2. The molecule has 4 aromatic rings. The molecular weight excluding hydrogens is 302 g/mol. The first-order valence-electron chi connectivity index (χ1n) is 7.68. The minimum atomic E-state index is -0.439. The summed E-state index contributed by atoms with van der Waals surface area (Å²) in [6.07, 6.45) is 3.35. The molecule has 5 nitrogen and oxygen atoms in total. The van der Waals surface area contributed by atoms with E-state index in [4.69, 9.17) is 4.42 Å². The number of pyridine rings is 1. The van der Waals surface area contributed by atoms with Gasteiger partial charge in [-0.15, -0.1) is 0 Å². The first-order chi connectivity index (χ1) is 11.4. The zero-order valence-electron chi connectivity index (χ0n) is 13.6. The Bertz CT molecular complexity index is 1220. The Morgan fingerprint density at radius 3 is 2.62 bits per heavy atom. The lowest BCUT2D eigenvalue weighted by Crippen LogP contribution is -2.21. The SMILES string of the molecule is CC(C)(C)n1cc(C#N)c2c3c(cnc21)c(=O)oc1ccccc13. The summed E-state index contributed by atoms with van der Waals surface area (Å²) in [7, 11) is 0. The number of hydrogen-bond acceptors (Lipinski definition) is 4. The van der Waals surface area contributed by atoms with E-state index in [1.165, 1.54) is 0 Å². The van der Waals surface area contributed by atoms with Crippen molar-refractivity contribution in [3.8, 4) is 6.07 Å². The van der Waals surface area contributed by atoms with Crippen LogP contribution in [0, 0.1) is 11.3 Å². The Balaban J connectivity index is 2.37. The third kappa shape index (κ3) is 1.86. The van der Waals surface area contributed by atoms with E-state index < -0.39 is 5.63 Å². The zero-order chi connectivity index (χ0) is 17.1. The lowest BCUT2D eigenvalue weighted by atomic mass is 10.0.